The van der Waals surface area contributed by atoms with Crippen LogP contribution >= 0.6 is 15.9 Å². The second-order valence-electron chi connectivity index (χ2n) is 4.36. The van der Waals surface area contributed by atoms with E-state index in [1.54, 1.807) is 24.3 Å². The lowest BCUT2D eigenvalue weighted by atomic mass is 10.2. The maximum atomic E-state index is 11.8. The summed E-state index contributed by atoms with van der Waals surface area (Å²) in [5, 5.41) is 11.5. The highest BCUT2D eigenvalue weighted by molar-refractivity contribution is 9.10. The van der Waals surface area contributed by atoms with Gasteiger partial charge in [-0.2, -0.15) is 0 Å². The van der Waals surface area contributed by atoms with Gasteiger partial charge in [-0.15, -0.1) is 0 Å². The molecule has 1 atom stereocenters. The van der Waals surface area contributed by atoms with E-state index in [9.17, 15) is 13.8 Å². The van der Waals surface area contributed by atoms with Crippen LogP contribution in [-0.2, 0) is 20.4 Å². The van der Waals surface area contributed by atoms with Crippen molar-refractivity contribution < 1.29 is 18.9 Å². The number of carboxylic acids is 1. The molecule has 19 heavy (non-hydrogen) atoms. The number of rotatable bonds is 5. The zero-order valence-corrected chi connectivity index (χ0v) is 12.9. The summed E-state index contributed by atoms with van der Waals surface area (Å²) in [5.74, 6) is -2.03. The monoisotopic (exact) mass is 347 g/mol. The van der Waals surface area contributed by atoms with E-state index in [4.69, 9.17) is 5.11 Å². The molecule has 1 rings (SSSR count). The Morgan fingerprint density at radius 3 is 2.58 bits per heavy atom. The summed E-state index contributed by atoms with van der Waals surface area (Å²) in [6, 6.07) is 6.94. The van der Waals surface area contributed by atoms with Crippen LogP contribution < -0.4 is 5.32 Å². The molecule has 1 unspecified atom stereocenters. The molecule has 0 aliphatic heterocycles. The largest absolute Gasteiger partial charge is 0.480 e. The van der Waals surface area contributed by atoms with Gasteiger partial charge in [-0.1, -0.05) is 22.0 Å². The van der Waals surface area contributed by atoms with Gasteiger partial charge in [-0.05, 0) is 32.0 Å². The Kier molecular flexibility index (Phi) is 5.25. The SMILES string of the molecule is CC(C)(C(=O)O)S(=O)CC(=O)Nc1cccc(Br)c1. The molecule has 5 nitrogen and oxygen atoms in total. The summed E-state index contributed by atoms with van der Waals surface area (Å²) in [6.07, 6.45) is 0. The van der Waals surface area contributed by atoms with E-state index in [1.165, 1.54) is 13.8 Å². The highest BCUT2D eigenvalue weighted by Gasteiger charge is 2.35. The van der Waals surface area contributed by atoms with Gasteiger partial charge >= 0.3 is 5.97 Å². The minimum absolute atomic E-state index is 0.355. The predicted octanol–water partition coefficient (Wildman–Crippen LogP) is 2.00. The Labute approximate surface area is 122 Å². The van der Waals surface area contributed by atoms with E-state index in [2.05, 4.69) is 21.2 Å². The van der Waals surface area contributed by atoms with Crippen LogP contribution in [0.4, 0.5) is 5.69 Å². The van der Waals surface area contributed by atoms with Crippen molar-refractivity contribution in [1.82, 2.24) is 0 Å². The second kappa shape index (κ2) is 6.29. The van der Waals surface area contributed by atoms with E-state index < -0.39 is 27.4 Å². The number of hydrogen-bond donors (Lipinski definition) is 2. The number of carbonyl (C=O) groups excluding carboxylic acids is 1. The Morgan fingerprint density at radius 1 is 1.42 bits per heavy atom. The minimum atomic E-state index is -1.79. The summed E-state index contributed by atoms with van der Waals surface area (Å²) in [6.45, 7) is 2.66. The van der Waals surface area contributed by atoms with Crippen molar-refractivity contribution in [3.63, 3.8) is 0 Å². The third-order valence-electron chi connectivity index (χ3n) is 2.45. The number of amides is 1. The molecule has 1 aromatic carbocycles. The molecule has 0 aromatic heterocycles. The number of carboxylic acid groups (broad SMARTS) is 1. The van der Waals surface area contributed by atoms with Crippen LogP contribution in [0.3, 0.4) is 0 Å². The van der Waals surface area contributed by atoms with E-state index >= 15 is 0 Å². The van der Waals surface area contributed by atoms with Crippen molar-refractivity contribution in [2.75, 3.05) is 11.1 Å². The fraction of sp³-hybridized carbons (Fsp3) is 0.333. The van der Waals surface area contributed by atoms with Crippen LogP contribution in [0.5, 0.6) is 0 Å². The van der Waals surface area contributed by atoms with Crippen LogP contribution in [0.2, 0.25) is 0 Å². The van der Waals surface area contributed by atoms with Gasteiger partial charge < -0.3 is 10.4 Å². The first-order chi connectivity index (χ1) is 8.73. The van der Waals surface area contributed by atoms with Crippen molar-refractivity contribution in [3.8, 4) is 0 Å². The number of aliphatic carboxylic acids is 1. The van der Waals surface area contributed by atoms with E-state index in [0.717, 1.165) is 4.47 Å². The number of hydrogen-bond acceptors (Lipinski definition) is 3. The zero-order chi connectivity index (χ0) is 14.6. The third-order valence-corrected chi connectivity index (χ3v) is 4.79. The van der Waals surface area contributed by atoms with Gasteiger partial charge in [0.15, 0.2) is 0 Å². The van der Waals surface area contributed by atoms with E-state index in [1.807, 2.05) is 0 Å². The van der Waals surface area contributed by atoms with Crippen LogP contribution in [0.15, 0.2) is 28.7 Å². The van der Waals surface area contributed by atoms with Crippen molar-refractivity contribution >= 4 is 44.3 Å². The topological polar surface area (TPSA) is 83.5 Å². The maximum absolute atomic E-state index is 11.8. The van der Waals surface area contributed by atoms with Crippen LogP contribution in [0, 0.1) is 0 Å². The molecule has 1 aromatic rings. The van der Waals surface area contributed by atoms with Crippen molar-refractivity contribution in [3.05, 3.63) is 28.7 Å². The van der Waals surface area contributed by atoms with Crippen molar-refractivity contribution in [2.45, 2.75) is 18.6 Å². The molecule has 0 spiro atoms. The van der Waals surface area contributed by atoms with Crippen molar-refractivity contribution in [2.24, 2.45) is 0 Å². The molecule has 104 valence electrons. The fourth-order valence-electron chi connectivity index (χ4n) is 1.16. The number of halogens is 1. The van der Waals surface area contributed by atoms with Gasteiger partial charge in [0.1, 0.15) is 10.5 Å². The standard InChI is InChI=1S/C12H14BrNO4S/c1-12(2,11(16)17)19(18)7-10(15)14-9-5-3-4-8(13)6-9/h3-6H,7H2,1-2H3,(H,14,15)(H,16,17). The number of benzene rings is 1. The highest BCUT2D eigenvalue weighted by Crippen LogP contribution is 2.17. The second-order valence-corrected chi connectivity index (χ2v) is 7.28. The van der Waals surface area contributed by atoms with E-state index in [0.29, 0.717) is 5.69 Å². The van der Waals surface area contributed by atoms with Gasteiger partial charge in [0.2, 0.25) is 5.91 Å². The molecule has 7 heteroatoms. The third kappa shape index (κ3) is 4.43. The first-order valence-corrected chi connectivity index (χ1v) is 7.52. The first kappa shape index (κ1) is 15.8. The van der Waals surface area contributed by atoms with Gasteiger partial charge in [-0.25, -0.2) is 0 Å². The van der Waals surface area contributed by atoms with Crippen LogP contribution in [0.1, 0.15) is 13.8 Å². The summed E-state index contributed by atoms with van der Waals surface area (Å²) in [5.41, 5.74) is 0.560. The van der Waals surface area contributed by atoms with Gasteiger partial charge in [-0.3, -0.25) is 13.8 Å². The fourth-order valence-corrected chi connectivity index (χ4v) is 2.43. The molecule has 0 aliphatic carbocycles. The molecule has 0 bridgehead atoms. The van der Waals surface area contributed by atoms with Crippen LogP contribution in [-0.4, -0.2) is 31.7 Å². The number of nitrogens with one attached hydrogen (secondary N) is 1. The molecule has 0 saturated carbocycles. The Bertz CT molecular complexity index is 530. The average Bonchev–Trinajstić information content (AvgIpc) is 2.28. The Balaban J connectivity index is 2.66. The number of anilines is 1. The molecule has 0 radical (unpaired) electrons. The summed E-state index contributed by atoms with van der Waals surface area (Å²) >= 11 is 3.26. The summed E-state index contributed by atoms with van der Waals surface area (Å²) in [7, 11) is -1.79. The maximum Gasteiger partial charge on any atom is 0.321 e. The number of carbonyl (C=O) groups is 2. The molecular formula is C12H14BrNO4S. The molecule has 0 aliphatic rings. The lowest BCUT2D eigenvalue weighted by molar-refractivity contribution is -0.139. The molecular weight excluding hydrogens is 334 g/mol. The van der Waals surface area contributed by atoms with Gasteiger partial charge in [0.05, 0.1) is 0 Å². The summed E-state index contributed by atoms with van der Waals surface area (Å²) < 4.78 is 11.2. The molecule has 0 heterocycles. The molecule has 2 N–H and O–H groups in total. The van der Waals surface area contributed by atoms with Gasteiger partial charge in [0.25, 0.3) is 0 Å². The Morgan fingerprint density at radius 2 is 2.05 bits per heavy atom. The molecule has 0 fully saturated rings. The normalized spacial score (nSPS) is 12.8. The molecule has 0 saturated heterocycles. The zero-order valence-electron chi connectivity index (χ0n) is 10.5. The minimum Gasteiger partial charge on any atom is -0.480 e. The highest BCUT2D eigenvalue weighted by atomic mass is 79.9. The quantitative estimate of drug-likeness (QED) is 0.853. The van der Waals surface area contributed by atoms with Crippen LogP contribution in [0.25, 0.3) is 0 Å². The lowest BCUT2D eigenvalue weighted by Crippen LogP contribution is -2.40. The van der Waals surface area contributed by atoms with Crippen molar-refractivity contribution in [1.29, 1.82) is 0 Å². The van der Waals surface area contributed by atoms with Gasteiger partial charge in [0, 0.05) is 21.0 Å². The average molecular weight is 348 g/mol. The predicted molar refractivity (Wildman–Crippen MR) is 77.5 cm³/mol. The van der Waals surface area contributed by atoms with E-state index in [-0.39, 0.29) is 5.75 Å². The smallest absolute Gasteiger partial charge is 0.321 e. The first-order valence-electron chi connectivity index (χ1n) is 5.41. The molecule has 1 amide bonds. The summed E-state index contributed by atoms with van der Waals surface area (Å²) in [4.78, 5) is 22.6. The lowest BCUT2D eigenvalue weighted by Gasteiger charge is -2.18. The Hall–Kier alpha value is -1.21.